The van der Waals surface area contributed by atoms with E-state index in [4.69, 9.17) is 15.6 Å². The molecule has 3 atom stereocenters. The van der Waals surface area contributed by atoms with Crippen LogP contribution < -0.4 is 0 Å². The van der Waals surface area contributed by atoms with Crippen LogP contribution in [-0.4, -0.2) is 31.0 Å². The van der Waals surface area contributed by atoms with E-state index in [1.807, 2.05) is 6.92 Å². The second kappa shape index (κ2) is 3.98. The summed E-state index contributed by atoms with van der Waals surface area (Å²) in [7, 11) is 0. The van der Waals surface area contributed by atoms with Crippen LogP contribution in [0, 0.1) is 37.7 Å². The Morgan fingerprint density at radius 3 is 3.17 bits per heavy atom. The van der Waals surface area contributed by atoms with Gasteiger partial charge in [-0.05, 0) is 19.9 Å². The van der Waals surface area contributed by atoms with Crippen molar-refractivity contribution < 1.29 is 46.7 Å². The van der Waals surface area contributed by atoms with Crippen LogP contribution in [-0.2, 0) is 14.2 Å². The molecule has 0 spiro atoms. The van der Waals surface area contributed by atoms with Crippen LogP contribution in [0.2, 0.25) is 0 Å². The van der Waals surface area contributed by atoms with Crippen molar-refractivity contribution in [1.29, 1.82) is 0 Å². The Morgan fingerprint density at radius 1 is 1.83 bits per heavy atom. The fraction of sp³-hybridized carbons (Fsp3) is 0.875. The minimum atomic E-state index is -0.513. The molecule has 68 valence electrons. The van der Waals surface area contributed by atoms with Gasteiger partial charge in [-0.3, -0.25) is 0 Å². The second-order valence-corrected chi connectivity index (χ2v) is 2.97. The van der Waals surface area contributed by atoms with E-state index in [1.54, 1.807) is 6.61 Å². The third-order valence-corrected chi connectivity index (χ3v) is 2.12. The van der Waals surface area contributed by atoms with Crippen molar-refractivity contribution in [3.05, 3.63) is 6.61 Å². The Balaban J connectivity index is 0.000000845. The van der Waals surface area contributed by atoms with Gasteiger partial charge in [0.2, 0.25) is 0 Å². The summed E-state index contributed by atoms with van der Waals surface area (Å²) in [5.74, 6) is 0. The van der Waals surface area contributed by atoms with Gasteiger partial charge < -0.3 is 14.2 Å². The van der Waals surface area contributed by atoms with Crippen LogP contribution in [0.5, 0.6) is 0 Å². The number of hydrogen-bond acceptors (Lipinski definition) is 3. The van der Waals surface area contributed by atoms with Crippen molar-refractivity contribution in [2.75, 3.05) is 13.2 Å². The molecular weight excluding hydrogens is 382 g/mol. The van der Waals surface area contributed by atoms with E-state index in [1.165, 1.54) is 0 Å². The van der Waals surface area contributed by atoms with E-state index < -0.39 is 5.60 Å². The first-order chi connectivity index (χ1) is 5.82. The molecule has 2 fully saturated rings. The zero-order chi connectivity index (χ0) is 8.60. The number of hydrogen-bond donors (Lipinski definition) is 0. The molecule has 0 saturated carbocycles. The maximum atomic E-state index is 7.38. The average molecular weight is 396 g/mol. The molecule has 2 bridgehead atoms. The quantitative estimate of drug-likeness (QED) is 0.645. The van der Waals surface area contributed by atoms with E-state index in [0.29, 0.717) is 13.2 Å². The van der Waals surface area contributed by atoms with Crippen LogP contribution in [0.1, 0.15) is 15.2 Å². The molecule has 0 N–H and O–H groups in total. The summed E-state index contributed by atoms with van der Waals surface area (Å²) in [5.41, 5.74) is -0.513. The molecule has 0 aromatic rings. The van der Waals surface area contributed by atoms with Gasteiger partial charge >= 0.3 is 0 Å². The first kappa shape index (κ1) is 9.49. The van der Waals surface area contributed by atoms with Crippen molar-refractivity contribution in [3.8, 4) is 0 Å². The van der Waals surface area contributed by atoms with Gasteiger partial charge in [-0.15, -0.1) is 0 Å². The maximum absolute atomic E-state index is 7.38. The summed E-state index contributed by atoms with van der Waals surface area (Å²) in [5, 5.41) is 0. The van der Waals surface area contributed by atoms with Crippen molar-refractivity contribution in [2.45, 2.75) is 31.6 Å². The number of ether oxygens (including phenoxy) is 3. The molecule has 2 heterocycles. The Kier molecular flexibility index (Phi) is 3.14. The zero-order valence-electron chi connectivity index (χ0n) is 8.08. The molecule has 2 saturated heterocycles. The van der Waals surface area contributed by atoms with Gasteiger partial charge in [-0.2, -0.15) is 6.61 Å². The summed E-state index contributed by atoms with van der Waals surface area (Å²) in [6.45, 7) is 4.92. The van der Waals surface area contributed by atoms with Crippen LogP contribution in [0.15, 0.2) is 0 Å². The van der Waals surface area contributed by atoms with Gasteiger partial charge in [0.25, 0.3) is 0 Å². The number of rotatable bonds is 2. The van der Waals surface area contributed by atoms with Crippen LogP contribution >= 0.6 is 0 Å². The van der Waals surface area contributed by atoms with Gasteiger partial charge in [0.1, 0.15) is 0 Å². The minimum Gasteiger partial charge on any atom is -0.542 e. The third kappa shape index (κ3) is 1.60. The molecule has 12 heavy (non-hydrogen) atoms. The van der Waals surface area contributed by atoms with E-state index in [9.17, 15) is 0 Å². The number of fused-ring (bicyclic) bond motifs is 2. The predicted molar refractivity (Wildman–Crippen MR) is 38.9 cm³/mol. The first-order valence-corrected chi connectivity index (χ1v) is 3.86. The Bertz CT molecular complexity index is 171. The third-order valence-electron chi connectivity index (χ3n) is 2.12. The minimum absolute atomic E-state index is 0. The van der Waals surface area contributed by atoms with Gasteiger partial charge in [-0.25, -0.2) is 0 Å². The fourth-order valence-electron chi connectivity index (χ4n) is 1.55. The Labute approximate surface area is 97.9 Å². The topological polar surface area (TPSA) is 27.7 Å². The van der Waals surface area contributed by atoms with Gasteiger partial charge in [0.05, 0.1) is 18.3 Å². The van der Waals surface area contributed by atoms with E-state index in [2.05, 4.69) is 0 Å². The van der Waals surface area contributed by atoms with E-state index in [0.717, 1.165) is 0 Å². The average Bonchev–Trinajstić information content (AvgIpc) is 2.62. The Morgan fingerprint density at radius 2 is 2.67 bits per heavy atom. The fourth-order valence-corrected chi connectivity index (χ4v) is 1.55. The summed E-state index contributed by atoms with van der Waals surface area (Å²) >= 11 is 0. The molecular formula is C8H13O3U-. The molecule has 2 rings (SSSR count). The smallest absolute Gasteiger partial charge is 0.0858 e. The maximum Gasteiger partial charge on any atom is 0.0858 e. The molecule has 0 aromatic carbocycles. The molecule has 0 amide bonds. The molecule has 0 unspecified atom stereocenters. The molecule has 4 heteroatoms. The standard InChI is InChI=1S/C8H13O3.U/c1-3-9-7-6-4-11-8(7,2)5-10-6;/h4,6-7H,3,5H2,1-2H3;/q-1;/t6-,7-,8-;/m0./s1/i2D;. The summed E-state index contributed by atoms with van der Waals surface area (Å²) in [4.78, 5) is 0. The molecule has 0 aliphatic carbocycles. The Hall–Kier alpha value is 0.932. The monoisotopic (exact) mass is 396 g/mol. The van der Waals surface area contributed by atoms with Gasteiger partial charge in [-0.1, -0.05) is 0 Å². The normalized spacial score (nSPS) is 45.6. The van der Waals surface area contributed by atoms with E-state index in [-0.39, 0.29) is 50.2 Å². The summed E-state index contributed by atoms with van der Waals surface area (Å²) in [6, 6.07) is 0. The largest absolute Gasteiger partial charge is 0.542 e. The summed E-state index contributed by atoms with van der Waals surface area (Å²) in [6.07, 6.45) is -0.129. The SMILES string of the molecule is [2H]C[C@@]12CO[C@@H]([CH-]O1)[C@@H]2OCC.[U]. The molecule has 3 nitrogen and oxygen atoms in total. The first-order valence-electron chi connectivity index (χ1n) is 4.57. The molecule has 0 radical (unpaired) electrons. The second-order valence-electron chi connectivity index (χ2n) is 2.97. The van der Waals surface area contributed by atoms with Gasteiger partial charge in [0, 0.05) is 39.1 Å². The molecule has 2 aliphatic heterocycles. The van der Waals surface area contributed by atoms with E-state index >= 15 is 0 Å². The van der Waals surface area contributed by atoms with Crippen LogP contribution in [0.3, 0.4) is 0 Å². The van der Waals surface area contributed by atoms with Crippen molar-refractivity contribution in [2.24, 2.45) is 0 Å². The van der Waals surface area contributed by atoms with Crippen LogP contribution in [0.25, 0.3) is 0 Å². The van der Waals surface area contributed by atoms with Crippen LogP contribution in [0.4, 0.5) is 0 Å². The van der Waals surface area contributed by atoms with Gasteiger partial charge in [0.15, 0.2) is 0 Å². The predicted octanol–water partition coefficient (Wildman–Crippen LogP) is 0.741. The molecule has 2 aliphatic rings. The zero-order valence-corrected chi connectivity index (χ0v) is 11.2. The molecule has 0 aromatic heterocycles. The summed E-state index contributed by atoms with van der Waals surface area (Å²) < 4.78 is 23.6. The van der Waals surface area contributed by atoms with Crippen molar-refractivity contribution in [3.63, 3.8) is 0 Å². The van der Waals surface area contributed by atoms with Crippen molar-refractivity contribution >= 4 is 0 Å². The van der Waals surface area contributed by atoms with Crippen molar-refractivity contribution in [1.82, 2.24) is 0 Å².